The van der Waals surface area contributed by atoms with Crippen LogP contribution in [0.3, 0.4) is 0 Å². The Kier molecular flexibility index (Phi) is 6.08. The Labute approximate surface area is 124 Å². The highest BCUT2D eigenvalue weighted by Gasteiger charge is 2.27. The van der Waals surface area contributed by atoms with E-state index in [4.69, 9.17) is 4.74 Å². The highest BCUT2D eigenvalue weighted by atomic mass is 79.9. The lowest BCUT2D eigenvalue weighted by Gasteiger charge is -2.07. The van der Waals surface area contributed by atoms with Crippen molar-refractivity contribution >= 4 is 15.9 Å². The second kappa shape index (κ2) is 7.83. The van der Waals surface area contributed by atoms with E-state index in [-0.39, 0.29) is 0 Å². The molecule has 1 aromatic heterocycles. The molecule has 1 heterocycles. The van der Waals surface area contributed by atoms with Gasteiger partial charge in [0.15, 0.2) is 0 Å². The molecule has 0 amide bonds. The van der Waals surface area contributed by atoms with Gasteiger partial charge in [-0.2, -0.15) is 4.98 Å². The van der Waals surface area contributed by atoms with Gasteiger partial charge in [-0.3, -0.25) is 0 Å². The molecule has 0 radical (unpaired) electrons. The van der Waals surface area contributed by atoms with Gasteiger partial charge in [-0.05, 0) is 35.2 Å². The molecule has 0 unspecified atom stereocenters. The van der Waals surface area contributed by atoms with Crippen molar-refractivity contribution < 1.29 is 4.74 Å². The third-order valence-corrected chi connectivity index (χ3v) is 3.79. The molecule has 1 saturated carbocycles. The first-order valence-electron chi connectivity index (χ1n) is 7.47. The highest BCUT2D eigenvalue weighted by Crippen LogP contribution is 2.39. The molecule has 0 aromatic carbocycles. The molecule has 0 bridgehead atoms. The van der Waals surface area contributed by atoms with E-state index in [0.717, 1.165) is 29.3 Å². The fraction of sp³-hybridized carbons (Fsp3) is 0.733. The Morgan fingerprint density at radius 3 is 2.63 bits per heavy atom. The van der Waals surface area contributed by atoms with Crippen LogP contribution < -0.4 is 4.74 Å². The summed E-state index contributed by atoms with van der Waals surface area (Å²) in [5.41, 5.74) is 0. The molecule has 4 heteroatoms. The zero-order valence-corrected chi connectivity index (χ0v) is 13.3. The van der Waals surface area contributed by atoms with E-state index < -0.39 is 0 Å². The zero-order valence-electron chi connectivity index (χ0n) is 11.7. The molecule has 0 spiro atoms. The van der Waals surface area contributed by atoms with Gasteiger partial charge in [-0.15, -0.1) is 0 Å². The van der Waals surface area contributed by atoms with E-state index in [1.807, 2.05) is 6.07 Å². The molecule has 1 fully saturated rings. The molecule has 1 aromatic rings. The Hall–Kier alpha value is -0.640. The summed E-state index contributed by atoms with van der Waals surface area (Å²) in [6.07, 6.45) is 10.1. The van der Waals surface area contributed by atoms with Crippen LogP contribution in [0.5, 0.6) is 5.88 Å². The van der Waals surface area contributed by atoms with E-state index in [0.29, 0.717) is 5.92 Å². The van der Waals surface area contributed by atoms with Crippen LogP contribution in [0, 0.1) is 0 Å². The van der Waals surface area contributed by atoms with E-state index in [2.05, 4.69) is 32.8 Å². The summed E-state index contributed by atoms with van der Waals surface area (Å²) in [6, 6.07) is 1.86. The van der Waals surface area contributed by atoms with Crippen LogP contribution in [0.15, 0.2) is 10.7 Å². The molecule has 0 aliphatic heterocycles. The second-order valence-corrected chi connectivity index (χ2v) is 6.09. The second-order valence-electron chi connectivity index (χ2n) is 5.28. The quantitative estimate of drug-likeness (QED) is 0.480. The van der Waals surface area contributed by atoms with Crippen molar-refractivity contribution in [2.24, 2.45) is 0 Å². The Bertz CT molecular complexity index is 394. The fourth-order valence-electron chi connectivity index (χ4n) is 2.07. The summed E-state index contributed by atoms with van der Waals surface area (Å²) in [7, 11) is 0. The van der Waals surface area contributed by atoms with Crippen LogP contribution >= 0.6 is 15.9 Å². The minimum Gasteiger partial charge on any atom is -0.478 e. The van der Waals surface area contributed by atoms with Crippen LogP contribution in [0.2, 0.25) is 0 Å². The maximum absolute atomic E-state index is 5.73. The van der Waals surface area contributed by atoms with Gasteiger partial charge in [0, 0.05) is 12.0 Å². The van der Waals surface area contributed by atoms with Gasteiger partial charge in [0.05, 0.1) is 6.61 Å². The minimum atomic E-state index is 0.564. The van der Waals surface area contributed by atoms with E-state index in [9.17, 15) is 0 Å². The molecule has 3 nitrogen and oxygen atoms in total. The smallest absolute Gasteiger partial charge is 0.217 e. The van der Waals surface area contributed by atoms with Crippen LogP contribution in [-0.4, -0.2) is 16.6 Å². The first-order valence-corrected chi connectivity index (χ1v) is 8.26. The first-order chi connectivity index (χ1) is 9.29. The van der Waals surface area contributed by atoms with Gasteiger partial charge >= 0.3 is 0 Å². The average molecular weight is 327 g/mol. The molecular weight excluding hydrogens is 304 g/mol. The van der Waals surface area contributed by atoms with E-state index in [1.54, 1.807) is 0 Å². The van der Waals surface area contributed by atoms with Crippen molar-refractivity contribution in [3.05, 3.63) is 16.5 Å². The highest BCUT2D eigenvalue weighted by molar-refractivity contribution is 9.10. The van der Waals surface area contributed by atoms with Gasteiger partial charge in [0.1, 0.15) is 10.4 Å². The summed E-state index contributed by atoms with van der Waals surface area (Å²) in [5.74, 6) is 2.22. The maximum atomic E-state index is 5.73. The number of rotatable bonds is 9. The Balaban J connectivity index is 1.67. The SMILES string of the molecule is CCCCCCCCOc1cc(Br)nc(C2CC2)n1. The van der Waals surface area contributed by atoms with Crippen molar-refractivity contribution in [2.75, 3.05) is 6.61 Å². The topological polar surface area (TPSA) is 35.0 Å². The number of halogens is 1. The number of hydrogen-bond donors (Lipinski definition) is 0. The van der Waals surface area contributed by atoms with Crippen LogP contribution in [0.1, 0.15) is 70.0 Å². The van der Waals surface area contributed by atoms with E-state index in [1.165, 1.54) is 44.9 Å². The monoisotopic (exact) mass is 326 g/mol. The largest absolute Gasteiger partial charge is 0.478 e. The van der Waals surface area contributed by atoms with E-state index >= 15 is 0 Å². The normalized spacial score (nSPS) is 14.6. The molecule has 106 valence electrons. The van der Waals surface area contributed by atoms with Gasteiger partial charge in [-0.25, -0.2) is 4.98 Å². The molecule has 0 atom stereocenters. The predicted molar refractivity (Wildman–Crippen MR) is 80.6 cm³/mol. The summed E-state index contributed by atoms with van der Waals surface area (Å²) in [4.78, 5) is 8.88. The average Bonchev–Trinajstić information content (AvgIpc) is 3.21. The predicted octanol–water partition coefficient (Wildman–Crippen LogP) is 4.86. The summed E-state index contributed by atoms with van der Waals surface area (Å²) in [5, 5.41) is 0. The van der Waals surface area contributed by atoms with Crippen molar-refractivity contribution in [1.82, 2.24) is 9.97 Å². The standard InChI is InChI=1S/C15H23BrN2O/c1-2-3-4-5-6-7-10-19-14-11-13(16)17-15(18-14)12-8-9-12/h11-12H,2-10H2,1H3. The summed E-state index contributed by atoms with van der Waals surface area (Å²) < 4.78 is 6.57. The van der Waals surface area contributed by atoms with Gasteiger partial charge in [0.25, 0.3) is 0 Å². The lowest BCUT2D eigenvalue weighted by molar-refractivity contribution is 0.291. The lowest BCUT2D eigenvalue weighted by atomic mass is 10.1. The van der Waals surface area contributed by atoms with Gasteiger partial charge in [-0.1, -0.05) is 39.0 Å². The molecule has 0 saturated heterocycles. The van der Waals surface area contributed by atoms with Crippen LogP contribution in [-0.2, 0) is 0 Å². The summed E-state index contributed by atoms with van der Waals surface area (Å²) in [6.45, 7) is 3.01. The number of hydrogen-bond acceptors (Lipinski definition) is 3. The zero-order chi connectivity index (χ0) is 13.5. The molecular formula is C15H23BrN2O. The summed E-state index contributed by atoms with van der Waals surface area (Å²) >= 11 is 3.43. The number of ether oxygens (including phenoxy) is 1. The molecule has 0 N–H and O–H groups in total. The lowest BCUT2D eigenvalue weighted by Crippen LogP contribution is -2.02. The molecule has 1 aliphatic rings. The van der Waals surface area contributed by atoms with Crippen molar-refractivity contribution in [1.29, 1.82) is 0 Å². The fourth-order valence-corrected chi connectivity index (χ4v) is 2.45. The maximum Gasteiger partial charge on any atom is 0.217 e. The third-order valence-electron chi connectivity index (χ3n) is 3.38. The minimum absolute atomic E-state index is 0.564. The van der Waals surface area contributed by atoms with Crippen molar-refractivity contribution in [2.45, 2.75) is 64.2 Å². The first kappa shape index (κ1) is 14.8. The Morgan fingerprint density at radius 1 is 1.16 bits per heavy atom. The van der Waals surface area contributed by atoms with Crippen molar-refractivity contribution in [3.8, 4) is 5.88 Å². The number of nitrogens with zero attached hydrogens (tertiary/aromatic N) is 2. The third kappa shape index (κ3) is 5.47. The van der Waals surface area contributed by atoms with Gasteiger partial charge in [0.2, 0.25) is 5.88 Å². The molecule has 19 heavy (non-hydrogen) atoms. The Morgan fingerprint density at radius 2 is 1.89 bits per heavy atom. The number of unbranched alkanes of at least 4 members (excludes halogenated alkanes) is 5. The van der Waals surface area contributed by atoms with Crippen LogP contribution in [0.25, 0.3) is 0 Å². The van der Waals surface area contributed by atoms with Gasteiger partial charge < -0.3 is 4.74 Å². The van der Waals surface area contributed by atoms with Crippen molar-refractivity contribution in [3.63, 3.8) is 0 Å². The van der Waals surface area contributed by atoms with Crippen LogP contribution in [0.4, 0.5) is 0 Å². The molecule has 1 aliphatic carbocycles. The number of aromatic nitrogens is 2. The molecule has 2 rings (SSSR count).